The Balaban J connectivity index is 1.89. The SMILES string of the molecule is C[C@H]1CN(c2ccn(-c3cnnc(C#N)c3)n2)C(=O)[C@@H]([C@@H](O)C(=O)O)O1. The third kappa shape index (κ3) is 3.23. The zero-order valence-corrected chi connectivity index (χ0v) is 13.6. The molecule has 0 saturated carbocycles. The monoisotopic (exact) mass is 358 g/mol. The highest BCUT2D eigenvalue weighted by Gasteiger charge is 2.42. The van der Waals surface area contributed by atoms with Crippen LogP contribution in [0.15, 0.2) is 24.5 Å². The number of ether oxygens (including phenoxy) is 1. The number of amides is 1. The van der Waals surface area contributed by atoms with E-state index in [-0.39, 0.29) is 18.1 Å². The van der Waals surface area contributed by atoms with Crippen LogP contribution in [0.25, 0.3) is 5.69 Å². The first kappa shape index (κ1) is 17.5. The number of aliphatic carboxylic acids is 1. The first-order chi connectivity index (χ1) is 12.4. The molecule has 134 valence electrons. The van der Waals surface area contributed by atoms with Gasteiger partial charge in [0.25, 0.3) is 5.91 Å². The maximum atomic E-state index is 12.5. The molecule has 2 aromatic heterocycles. The van der Waals surface area contributed by atoms with Gasteiger partial charge in [-0.05, 0) is 6.92 Å². The van der Waals surface area contributed by atoms with Crippen LogP contribution in [0.5, 0.6) is 0 Å². The predicted molar refractivity (Wildman–Crippen MR) is 84.2 cm³/mol. The number of aliphatic hydroxyl groups is 1. The van der Waals surface area contributed by atoms with Crippen molar-refractivity contribution >= 4 is 17.7 Å². The fourth-order valence-corrected chi connectivity index (χ4v) is 2.54. The molecule has 0 radical (unpaired) electrons. The molecule has 2 N–H and O–H groups in total. The number of hydrogen-bond acceptors (Lipinski definition) is 8. The van der Waals surface area contributed by atoms with E-state index >= 15 is 0 Å². The number of rotatable bonds is 4. The Morgan fingerprint density at radius 1 is 1.54 bits per heavy atom. The van der Waals surface area contributed by atoms with Crippen molar-refractivity contribution in [3.63, 3.8) is 0 Å². The van der Waals surface area contributed by atoms with Crippen LogP contribution in [0, 0.1) is 11.3 Å². The Morgan fingerprint density at radius 2 is 2.31 bits per heavy atom. The molecule has 1 amide bonds. The van der Waals surface area contributed by atoms with E-state index in [0.717, 1.165) is 0 Å². The summed E-state index contributed by atoms with van der Waals surface area (Å²) in [6, 6.07) is 4.89. The number of nitriles is 1. The van der Waals surface area contributed by atoms with Crippen LogP contribution in [0.4, 0.5) is 5.82 Å². The normalized spacial score (nSPS) is 21.3. The zero-order chi connectivity index (χ0) is 18.8. The Labute approximate surface area is 147 Å². The maximum absolute atomic E-state index is 12.5. The van der Waals surface area contributed by atoms with Crippen molar-refractivity contribution in [3.05, 3.63) is 30.2 Å². The number of aliphatic hydroxyl groups excluding tert-OH is 1. The van der Waals surface area contributed by atoms with E-state index in [1.165, 1.54) is 21.8 Å². The molecule has 3 rings (SSSR count). The van der Waals surface area contributed by atoms with Gasteiger partial charge in [0.05, 0.1) is 24.5 Å². The lowest BCUT2D eigenvalue weighted by Crippen LogP contribution is -2.57. The molecule has 0 spiro atoms. The molecule has 0 aliphatic carbocycles. The van der Waals surface area contributed by atoms with Crippen molar-refractivity contribution in [3.8, 4) is 11.8 Å². The second kappa shape index (κ2) is 6.87. The number of carbonyl (C=O) groups excluding carboxylic acids is 1. The highest BCUT2D eigenvalue weighted by atomic mass is 16.5. The van der Waals surface area contributed by atoms with Crippen molar-refractivity contribution < 1.29 is 24.5 Å². The van der Waals surface area contributed by atoms with Crippen LogP contribution in [-0.4, -0.2) is 66.9 Å². The van der Waals surface area contributed by atoms with Crippen LogP contribution in [0.3, 0.4) is 0 Å². The van der Waals surface area contributed by atoms with Crippen molar-refractivity contribution in [1.29, 1.82) is 5.26 Å². The minimum absolute atomic E-state index is 0.111. The summed E-state index contributed by atoms with van der Waals surface area (Å²) < 4.78 is 6.69. The lowest BCUT2D eigenvalue weighted by Gasteiger charge is -2.35. The molecule has 26 heavy (non-hydrogen) atoms. The van der Waals surface area contributed by atoms with Gasteiger partial charge < -0.3 is 14.9 Å². The minimum atomic E-state index is -1.97. The minimum Gasteiger partial charge on any atom is -0.479 e. The molecule has 3 heterocycles. The molecule has 1 aliphatic heterocycles. The number of nitrogens with zero attached hydrogens (tertiary/aromatic N) is 6. The highest BCUT2D eigenvalue weighted by molar-refractivity contribution is 5.99. The number of carboxylic acids is 1. The van der Waals surface area contributed by atoms with Crippen LogP contribution in [-0.2, 0) is 14.3 Å². The molecule has 2 aromatic rings. The van der Waals surface area contributed by atoms with Crippen LogP contribution in [0.2, 0.25) is 0 Å². The number of anilines is 1. The van der Waals surface area contributed by atoms with Gasteiger partial charge >= 0.3 is 5.97 Å². The number of hydrogen-bond donors (Lipinski definition) is 2. The third-order valence-corrected chi connectivity index (χ3v) is 3.74. The van der Waals surface area contributed by atoms with E-state index in [4.69, 9.17) is 15.1 Å². The second-order valence-corrected chi connectivity index (χ2v) is 5.63. The zero-order valence-electron chi connectivity index (χ0n) is 13.6. The molecule has 0 unspecified atom stereocenters. The number of morpholine rings is 1. The summed E-state index contributed by atoms with van der Waals surface area (Å²) in [7, 11) is 0. The molecule has 0 aromatic carbocycles. The van der Waals surface area contributed by atoms with Crippen LogP contribution >= 0.6 is 0 Å². The fraction of sp³-hybridized carbons (Fsp3) is 0.333. The van der Waals surface area contributed by atoms with Crippen molar-refractivity contribution in [2.75, 3.05) is 11.4 Å². The molecule has 11 nitrogen and oxygen atoms in total. The quantitative estimate of drug-likeness (QED) is 0.707. The average molecular weight is 358 g/mol. The van der Waals surface area contributed by atoms with Gasteiger partial charge in [-0.3, -0.25) is 9.69 Å². The van der Waals surface area contributed by atoms with Crippen molar-refractivity contribution in [1.82, 2.24) is 20.0 Å². The Kier molecular flexibility index (Phi) is 4.61. The topological polar surface area (TPSA) is 154 Å². The van der Waals surface area contributed by atoms with Gasteiger partial charge in [0.2, 0.25) is 0 Å². The lowest BCUT2D eigenvalue weighted by atomic mass is 10.1. The van der Waals surface area contributed by atoms with E-state index in [1.54, 1.807) is 19.2 Å². The molecule has 1 saturated heterocycles. The van der Waals surface area contributed by atoms with E-state index in [9.17, 15) is 14.7 Å². The van der Waals surface area contributed by atoms with Gasteiger partial charge in [-0.2, -0.15) is 10.4 Å². The molecular formula is C15H14N6O5. The summed E-state index contributed by atoms with van der Waals surface area (Å²) in [5.41, 5.74) is 0.582. The van der Waals surface area contributed by atoms with Gasteiger partial charge in [0.1, 0.15) is 6.07 Å². The Morgan fingerprint density at radius 3 is 3.00 bits per heavy atom. The molecule has 1 aliphatic rings. The van der Waals surface area contributed by atoms with E-state index in [0.29, 0.717) is 5.69 Å². The molecular weight excluding hydrogens is 344 g/mol. The summed E-state index contributed by atoms with van der Waals surface area (Å²) >= 11 is 0. The highest BCUT2D eigenvalue weighted by Crippen LogP contribution is 2.22. The fourth-order valence-electron chi connectivity index (χ4n) is 2.54. The number of aromatic nitrogens is 4. The van der Waals surface area contributed by atoms with Gasteiger partial charge in [-0.25, -0.2) is 9.48 Å². The molecule has 11 heteroatoms. The van der Waals surface area contributed by atoms with E-state index in [1.807, 2.05) is 6.07 Å². The van der Waals surface area contributed by atoms with E-state index in [2.05, 4.69) is 15.3 Å². The first-order valence-electron chi connectivity index (χ1n) is 7.57. The van der Waals surface area contributed by atoms with Crippen molar-refractivity contribution in [2.45, 2.75) is 25.2 Å². The number of carboxylic acid groups (broad SMARTS) is 1. The van der Waals surface area contributed by atoms with Gasteiger partial charge in [0.15, 0.2) is 23.7 Å². The largest absolute Gasteiger partial charge is 0.479 e. The third-order valence-electron chi connectivity index (χ3n) is 3.74. The van der Waals surface area contributed by atoms with Gasteiger partial charge in [-0.1, -0.05) is 0 Å². The van der Waals surface area contributed by atoms with Crippen LogP contribution in [0.1, 0.15) is 12.6 Å². The summed E-state index contributed by atoms with van der Waals surface area (Å²) in [6.07, 6.45) is -1.03. The predicted octanol–water partition coefficient (Wildman–Crippen LogP) is -0.900. The maximum Gasteiger partial charge on any atom is 0.335 e. The van der Waals surface area contributed by atoms with E-state index < -0.39 is 30.2 Å². The lowest BCUT2D eigenvalue weighted by molar-refractivity contribution is -0.168. The molecule has 0 bridgehead atoms. The first-order valence-corrected chi connectivity index (χ1v) is 7.57. The smallest absolute Gasteiger partial charge is 0.335 e. The van der Waals surface area contributed by atoms with Gasteiger partial charge in [0, 0.05) is 18.3 Å². The van der Waals surface area contributed by atoms with Gasteiger partial charge in [-0.15, -0.1) is 10.2 Å². The van der Waals surface area contributed by atoms with Crippen molar-refractivity contribution in [2.24, 2.45) is 0 Å². The number of carbonyl (C=O) groups is 2. The van der Waals surface area contributed by atoms with Crippen LogP contribution < -0.4 is 4.90 Å². The summed E-state index contributed by atoms with van der Waals surface area (Å²) in [4.78, 5) is 24.8. The summed E-state index contributed by atoms with van der Waals surface area (Å²) in [6.45, 7) is 1.81. The average Bonchev–Trinajstić information content (AvgIpc) is 3.12. The Hall–Kier alpha value is -3.36. The standard InChI is InChI=1S/C15H14N6O5/c1-8-7-20(14(23)13(26-8)12(22)15(24)25)11-2-3-21(19-11)10-4-9(5-16)18-17-6-10/h2-4,6,8,12-13,22H,7H2,1H3,(H,24,25)/t8-,12+,13+/m0/s1. The Bertz CT molecular complexity index is 891. The molecule has 3 atom stereocenters. The second-order valence-electron chi connectivity index (χ2n) is 5.63. The molecule has 1 fully saturated rings. The summed E-state index contributed by atoms with van der Waals surface area (Å²) in [5.74, 6) is -1.99. The summed E-state index contributed by atoms with van der Waals surface area (Å²) in [5, 5.41) is 39.1.